The van der Waals surface area contributed by atoms with Gasteiger partial charge in [0.15, 0.2) is 0 Å². The SMILES string of the molecule is CCCCCCCCCC(C)C(CCCC)CCCCCC. The quantitative estimate of drug-likeness (QED) is 0.236. The smallest absolute Gasteiger partial charge is 0.0388 e. The highest BCUT2D eigenvalue weighted by atomic mass is 14.2. The van der Waals surface area contributed by atoms with E-state index in [1.807, 2.05) is 0 Å². The fourth-order valence-electron chi connectivity index (χ4n) is 3.67. The summed E-state index contributed by atoms with van der Waals surface area (Å²) in [4.78, 5) is 0. The highest BCUT2D eigenvalue weighted by molar-refractivity contribution is 4.67. The van der Waals surface area contributed by atoms with E-state index in [4.69, 9.17) is 0 Å². The average Bonchev–Trinajstić information content (AvgIpc) is 2.53. The Morgan fingerprint density at radius 1 is 0.455 bits per heavy atom. The molecule has 0 amide bonds. The summed E-state index contributed by atoms with van der Waals surface area (Å²) in [5, 5.41) is 0. The van der Waals surface area contributed by atoms with Crippen LogP contribution in [0.2, 0.25) is 0 Å². The van der Waals surface area contributed by atoms with E-state index >= 15 is 0 Å². The third-order valence-corrected chi connectivity index (χ3v) is 5.42. The van der Waals surface area contributed by atoms with Crippen LogP contribution in [0, 0.1) is 11.8 Å². The average molecular weight is 311 g/mol. The summed E-state index contributed by atoms with van der Waals surface area (Å²) < 4.78 is 0. The lowest BCUT2D eigenvalue weighted by Crippen LogP contribution is -2.12. The second-order valence-corrected chi connectivity index (χ2v) is 7.64. The van der Waals surface area contributed by atoms with Gasteiger partial charge < -0.3 is 0 Å². The Hall–Kier alpha value is 0. The van der Waals surface area contributed by atoms with Crippen LogP contribution in [-0.2, 0) is 0 Å². The predicted octanol–water partition coefficient (Wildman–Crippen LogP) is 8.54. The Bertz CT molecular complexity index is 196. The van der Waals surface area contributed by atoms with Crippen LogP contribution in [0.1, 0.15) is 130 Å². The van der Waals surface area contributed by atoms with Crippen molar-refractivity contribution >= 4 is 0 Å². The van der Waals surface area contributed by atoms with Gasteiger partial charge in [0, 0.05) is 0 Å². The first kappa shape index (κ1) is 22.0. The number of hydrogen-bond donors (Lipinski definition) is 0. The third-order valence-electron chi connectivity index (χ3n) is 5.42. The fourth-order valence-corrected chi connectivity index (χ4v) is 3.67. The number of unbranched alkanes of at least 4 members (excludes halogenated alkanes) is 10. The zero-order valence-electron chi connectivity index (χ0n) is 16.5. The van der Waals surface area contributed by atoms with E-state index in [2.05, 4.69) is 27.7 Å². The van der Waals surface area contributed by atoms with E-state index in [0.717, 1.165) is 11.8 Å². The van der Waals surface area contributed by atoms with Gasteiger partial charge in [-0.15, -0.1) is 0 Å². The van der Waals surface area contributed by atoms with Crippen LogP contribution in [0.4, 0.5) is 0 Å². The molecule has 0 aromatic rings. The maximum absolute atomic E-state index is 2.54. The van der Waals surface area contributed by atoms with Crippen molar-refractivity contribution in [2.75, 3.05) is 0 Å². The van der Waals surface area contributed by atoms with Crippen LogP contribution < -0.4 is 0 Å². The lowest BCUT2D eigenvalue weighted by atomic mass is 9.82. The number of hydrogen-bond acceptors (Lipinski definition) is 0. The van der Waals surface area contributed by atoms with Gasteiger partial charge in [0.1, 0.15) is 0 Å². The molecule has 0 aliphatic carbocycles. The minimum atomic E-state index is 0.962. The Labute approximate surface area is 142 Å². The van der Waals surface area contributed by atoms with E-state index in [0.29, 0.717) is 0 Å². The molecule has 22 heavy (non-hydrogen) atoms. The summed E-state index contributed by atoms with van der Waals surface area (Å²) in [5.74, 6) is 1.97. The topological polar surface area (TPSA) is 0 Å². The van der Waals surface area contributed by atoms with Gasteiger partial charge in [-0.3, -0.25) is 0 Å². The summed E-state index contributed by atoms with van der Waals surface area (Å²) in [7, 11) is 0. The normalized spacial score (nSPS) is 14.2. The first-order valence-corrected chi connectivity index (χ1v) is 10.8. The Morgan fingerprint density at radius 3 is 1.45 bits per heavy atom. The van der Waals surface area contributed by atoms with Gasteiger partial charge >= 0.3 is 0 Å². The van der Waals surface area contributed by atoms with Gasteiger partial charge in [-0.1, -0.05) is 130 Å². The largest absolute Gasteiger partial charge is 0.0654 e. The van der Waals surface area contributed by atoms with Crippen LogP contribution in [0.25, 0.3) is 0 Å². The summed E-state index contributed by atoms with van der Waals surface area (Å²) in [6.45, 7) is 9.50. The molecular formula is C22H46. The lowest BCUT2D eigenvalue weighted by Gasteiger charge is -2.24. The minimum absolute atomic E-state index is 0.962. The molecule has 2 atom stereocenters. The van der Waals surface area contributed by atoms with Crippen LogP contribution in [0.5, 0.6) is 0 Å². The lowest BCUT2D eigenvalue weighted by molar-refractivity contribution is 0.277. The minimum Gasteiger partial charge on any atom is -0.0654 e. The van der Waals surface area contributed by atoms with Crippen molar-refractivity contribution in [1.29, 1.82) is 0 Å². The van der Waals surface area contributed by atoms with Gasteiger partial charge in [-0.05, 0) is 11.8 Å². The molecule has 0 aliphatic rings. The molecule has 0 heterocycles. The summed E-state index contributed by atoms with van der Waals surface area (Å²) in [6, 6.07) is 0. The van der Waals surface area contributed by atoms with Crippen molar-refractivity contribution in [3.63, 3.8) is 0 Å². The molecule has 0 aromatic heterocycles. The van der Waals surface area contributed by atoms with E-state index in [9.17, 15) is 0 Å². The maximum Gasteiger partial charge on any atom is -0.0388 e. The van der Waals surface area contributed by atoms with Crippen LogP contribution in [-0.4, -0.2) is 0 Å². The van der Waals surface area contributed by atoms with E-state index in [1.165, 1.54) is 103 Å². The second kappa shape index (κ2) is 17.4. The summed E-state index contributed by atoms with van der Waals surface area (Å²) in [6.07, 6.45) is 23.2. The standard InChI is InChI=1S/C22H46/c1-5-8-11-13-14-15-16-18-21(4)22(19-10-7-3)20-17-12-9-6-2/h21-22H,5-20H2,1-4H3. The first-order valence-electron chi connectivity index (χ1n) is 10.8. The molecule has 0 spiro atoms. The number of rotatable bonds is 17. The van der Waals surface area contributed by atoms with Crippen molar-refractivity contribution in [2.45, 2.75) is 130 Å². The molecule has 0 N–H and O–H groups in total. The zero-order valence-corrected chi connectivity index (χ0v) is 16.5. The molecule has 0 aromatic carbocycles. The van der Waals surface area contributed by atoms with Crippen molar-refractivity contribution in [1.82, 2.24) is 0 Å². The van der Waals surface area contributed by atoms with E-state index < -0.39 is 0 Å². The van der Waals surface area contributed by atoms with Crippen molar-refractivity contribution in [3.05, 3.63) is 0 Å². The molecule has 0 heteroatoms. The molecule has 0 fully saturated rings. The Kier molecular flexibility index (Phi) is 17.4. The van der Waals surface area contributed by atoms with Crippen molar-refractivity contribution in [2.24, 2.45) is 11.8 Å². The second-order valence-electron chi connectivity index (χ2n) is 7.64. The molecule has 0 nitrogen and oxygen atoms in total. The predicted molar refractivity (Wildman–Crippen MR) is 104 cm³/mol. The molecule has 0 aliphatic heterocycles. The van der Waals surface area contributed by atoms with Crippen molar-refractivity contribution < 1.29 is 0 Å². The van der Waals surface area contributed by atoms with Crippen LogP contribution >= 0.6 is 0 Å². The first-order chi connectivity index (χ1) is 10.8. The zero-order chi connectivity index (χ0) is 16.5. The molecule has 2 unspecified atom stereocenters. The molecular weight excluding hydrogens is 264 g/mol. The molecule has 0 bridgehead atoms. The van der Waals surface area contributed by atoms with E-state index in [1.54, 1.807) is 0 Å². The summed E-state index contributed by atoms with van der Waals surface area (Å²) in [5.41, 5.74) is 0. The van der Waals surface area contributed by atoms with Gasteiger partial charge in [-0.2, -0.15) is 0 Å². The Balaban J connectivity index is 3.77. The van der Waals surface area contributed by atoms with Gasteiger partial charge in [-0.25, -0.2) is 0 Å². The Morgan fingerprint density at radius 2 is 0.864 bits per heavy atom. The molecule has 0 rings (SSSR count). The highest BCUT2D eigenvalue weighted by Gasteiger charge is 2.16. The fraction of sp³-hybridized carbons (Fsp3) is 1.00. The van der Waals surface area contributed by atoms with Crippen LogP contribution in [0.15, 0.2) is 0 Å². The van der Waals surface area contributed by atoms with Gasteiger partial charge in [0.05, 0.1) is 0 Å². The molecule has 0 radical (unpaired) electrons. The third kappa shape index (κ3) is 13.6. The molecule has 0 saturated heterocycles. The highest BCUT2D eigenvalue weighted by Crippen LogP contribution is 2.28. The molecule has 134 valence electrons. The van der Waals surface area contributed by atoms with E-state index in [-0.39, 0.29) is 0 Å². The summed E-state index contributed by atoms with van der Waals surface area (Å²) >= 11 is 0. The van der Waals surface area contributed by atoms with Gasteiger partial charge in [0.2, 0.25) is 0 Å². The monoisotopic (exact) mass is 310 g/mol. The van der Waals surface area contributed by atoms with Crippen LogP contribution in [0.3, 0.4) is 0 Å². The van der Waals surface area contributed by atoms with Crippen molar-refractivity contribution in [3.8, 4) is 0 Å². The van der Waals surface area contributed by atoms with Gasteiger partial charge in [0.25, 0.3) is 0 Å². The maximum atomic E-state index is 2.54. The molecule has 0 saturated carbocycles.